The number of rotatable bonds is 1. The van der Waals surface area contributed by atoms with Crippen molar-refractivity contribution in [1.82, 2.24) is 0 Å². The zero-order valence-corrected chi connectivity index (χ0v) is 17.6. The van der Waals surface area contributed by atoms with Gasteiger partial charge in [-0.15, -0.1) is 0 Å². The summed E-state index contributed by atoms with van der Waals surface area (Å²) >= 11 is 0. The number of phenolic OH excluding ortho intramolecular Hbond substituents is 1. The Balaban J connectivity index is 1.67. The first kappa shape index (κ1) is 21.1. The van der Waals surface area contributed by atoms with E-state index >= 15 is 0 Å². The molecule has 2 saturated heterocycles. The molecule has 2 fully saturated rings. The molecule has 170 valence electrons. The fourth-order valence-corrected chi connectivity index (χ4v) is 5.17. The summed E-state index contributed by atoms with van der Waals surface area (Å²) in [4.78, 5) is 26.0. The zero-order valence-electron chi connectivity index (χ0n) is 17.6. The van der Waals surface area contributed by atoms with Crippen LogP contribution in [0.25, 0.3) is 5.76 Å². The van der Waals surface area contributed by atoms with Crippen LogP contribution in [0, 0.1) is 0 Å². The first-order chi connectivity index (χ1) is 15.1. The lowest BCUT2D eigenvalue weighted by atomic mass is 9.79. The number of ketones is 2. The molecular weight excluding hydrogens is 420 g/mol. The average molecular weight is 444 g/mol. The van der Waals surface area contributed by atoms with E-state index in [-0.39, 0.29) is 29.2 Å². The van der Waals surface area contributed by atoms with E-state index in [1.165, 1.54) is 13.0 Å². The molecule has 0 spiro atoms. The second-order valence-corrected chi connectivity index (χ2v) is 8.79. The van der Waals surface area contributed by atoms with Gasteiger partial charge in [-0.3, -0.25) is 9.59 Å². The third kappa shape index (κ3) is 2.85. The summed E-state index contributed by atoms with van der Waals surface area (Å²) in [5.41, 5.74) is 0.271. The van der Waals surface area contributed by atoms with Crippen molar-refractivity contribution in [1.29, 1.82) is 0 Å². The van der Waals surface area contributed by atoms with Crippen molar-refractivity contribution in [2.75, 3.05) is 0 Å². The summed E-state index contributed by atoms with van der Waals surface area (Å²) in [5.74, 6) is -2.42. The molecule has 9 heteroatoms. The molecule has 0 radical (unpaired) electrons. The molecule has 3 aliphatic heterocycles. The molecule has 3 heterocycles. The number of aromatic hydroxyl groups is 1. The molecular formula is C23H24O9. The van der Waals surface area contributed by atoms with Gasteiger partial charge in [0.05, 0.1) is 41.3 Å². The van der Waals surface area contributed by atoms with Gasteiger partial charge >= 0.3 is 0 Å². The number of fused-ring (bicyclic) bond motifs is 4. The quantitative estimate of drug-likeness (QED) is 0.477. The van der Waals surface area contributed by atoms with E-state index in [2.05, 4.69) is 6.58 Å². The fourth-order valence-electron chi connectivity index (χ4n) is 5.17. The number of aliphatic hydroxyl groups is 3. The smallest absolute Gasteiger partial charge is 0.237 e. The summed E-state index contributed by atoms with van der Waals surface area (Å²) in [7, 11) is 0. The molecule has 0 bridgehead atoms. The van der Waals surface area contributed by atoms with E-state index in [9.17, 15) is 30.0 Å². The van der Waals surface area contributed by atoms with Crippen LogP contribution in [0.4, 0.5) is 0 Å². The van der Waals surface area contributed by atoms with Crippen molar-refractivity contribution in [2.45, 2.75) is 69.4 Å². The van der Waals surface area contributed by atoms with Crippen LogP contribution >= 0.6 is 0 Å². The molecule has 1 aromatic rings. The van der Waals surface area contributed by atoms with Crippen LogP contribution in [-0.4, -0.2) is 62.5 Å². The van der Waals surface area contributed by atoms with E-state index in [1.807, 2.05) is 0 Å². The maximum Gasteiger partial charge on any atom is 0.237 e. The van der Waals surface area contributed by atoms with Crippen LogP contribution in [0.15, 0.2) is 24.0 Å². The van der Waals surface area contributed by atoms with Gasteiger partial charge in [0, 0.05) is 29.5 Å². The van der Waals surface area contributed by atoms with Crippen LogP contribution in [0.2, 0.25) is 0 Å². The number of ether oxygens (including phenoxy) is 3. The maximum absolute atomic E-state index is 13.0. The van der Waals surface area contributed by atoms with Gasteiger partial charge in [0.2, 0.25) is 11.6 Å². The van der Waals surface area contributed by atoms with Gasteiger partial charge in [0.1, 0.15) is 23.7 Å². The Morgan fingerprint density at radius 3 is 2.50 bits per heavy atom. The van der Waals surface area contributed by atoms with E-state index in [1.54, 1.807) is 6.92 Å². The number of Topliss-reactive ketones (excluding diaryl/α,β-unsaturated/α-hetero) is 2. The molecule has 5 rings (SSSR count). The van der Waals surface area contributed by atoms with Gasteiger partial charge in [0.25, 0.3) is 0 Å². The van der Waals surface area contributed by atoms with Crippen molar-refractivity contribution in [3.63, 3.8) is 0 Å². The normalized spacial score (nSPS) is 36.5. The molecule has 1 aromatic carbocycles. The molecule has 0 amide bonds. The van der Waals surface area contributed by atoms with E-state index in [4.69, 9.17) is 14.2 Å². The van der Waals surface area contributed by atoms with Crippen LogP contribution in [0.3, 0.4) is 0 Å². The molecule has 9 nitrogen and oxygen atoms in total. The van der Waals surface area contributed by atoms with Crippen LogP contribution in [0.5, 0.6) is 5.75 Å². The van der Waals surface area contributed by atoms with Gasteiger partial charge in [-0.25, -0.2) is 0 Å². The van der Waals surface area contributed by atoms with E-state index in [0.29, 0.717) is 23.3 Å². The highest BCUT2D eigenvalue weighted by Gasteiger charge is 2.48. The minimum atomic E-state index is -1.19. The van der Waals surface area contributed by atoms with Crippen LogP contribution in [0.1, 0.15) is 65.9 Å². The Hall–Kier alpha value is -2.72. The molecule has 4 N–H and O–H groups in total. The summed E-state index contributed by atoms with van der Waals surface area (Å²) in [6, 6.07) is 1.54. The molecule has 1 aliphatic carbocycles. The standard InChI is InChI=1S/C23H24O9/c1-7-4-14-23(30-7)11-5-10-16(20(27)15(11)8(2)31-14)21(28)22(29)17(19(10)26)13-6-12(24)18(25)9(3)32-13/h5,8-9,12-14,18,23-27H,1,4,6H2,2-3H3. The number of benzene rings is 1. The van der Waals surface area contributed by atoms with Crippen molar-refractivity contribution in [3.05, 3.63) is 46.2 Å². The maximum atomic E-state index is 13.0. The summed E-state index contributed by atoms with van der Waals surface area (Å²) < 4.78 is 17.4. The predicted molar refractivity (Wildman–Crippen MR) is 109 cm³/mol. The minimum absolute atomic E-state index is 0.00771. The fraction of sp³-hybridized carbons (Fsp3) is 0.478. The van der Waals surface area contributed by atoms with Crippen molar-refractivity contribution in [3.8, 4) is 5.75 Å². The number of phenols is 1. The van der Waals surface area contributed by atoms with Crippen molar-refractivity contribution >= 4 is 17.3 Å². The lowest BCUT2D eigenvalue weighted by molar-refractivity contribution is -0.153. The SMILES string of the molecule is C=C1CC2OC(C)c3c(cc4c(c3O)C(=O)C(=O)C(C3CC(O)C(O)C(C)O3)=C4O)C2O1. The summed E-state index contributed by atoms with van der Waals surface area (Å²) in [6.45, 7) is 7.08. The van der Waals surface area contributed by atoms with Crippen LogP contribution < -0.4 is 0 Å². The Labute approximate surface area is 183 Å². The summed E-state index contributed by atoms with van der Waals surface area (Å²) in [6.07, 6.45) is -5.42. The topological polar surface area (TPSA) is 143 Å². The van der Waals surface area contributed by atoms with E-state index in [0.717, 1.165) is 0 Å². The largest absolute Gasteiger partial charge is 0.507 e. The number of carbonyl (C=O) groups excluding carboxylic acids is 2. The monoisotopic (exact) mass is 444 g/mol. The number of hydrogen-bond donors (Lipinski definition) is 4. The Kier molecular flexibility index (Phi) is 4.72. The Bertz CT molecular complexity index is 1080. The lowest BCUT2D eigenvalue weighted by Gasteiger charge is -2.37. The Morgan fingerprint density at radius 1 is 1.09 bits per heavy atom. The molecule has 7 unspecified atom stereocenters. The van der Waals surface area contributed by atoms with Crippen molar-refractivity contribution < 1.29 is 44.2 Å². The highest BCUT2D eigenvalue weighted by Crippen LogP contribution is 2.51. The number of carbonyl (C=O) groups is 2. The third-order valence-corrected chi connectivity index (χ3v) is 6.74. The van der Waals surface area contributed by atoms with Gasteiger partial charge < -0.3 is 34.6 Å². The van der Waals surface area contributed by atoms with Gasteiger partial charge in [-0.05, 0) is 19.9 Å². The zero-order chi connectivity index (χ0) is 23.1. The first-order valence-corrected chi connectivity index (χ1v) is 10.5. The second kappa shape index (κ2) is 7.14. The highest BCUT2D eigenvalue weighted by molar-refractivity contribution is 6.53. The molecule has 0 aromatic heterocycles. The number of hydrogen-bond acceptors (Lipinski definition) is 9. The minimum Gasteiger partial charge on any atom is -0.507 e. The highest BCUT2D eigenvalue weighted by atomic mass is 16.6. The third-order valence-electron chi connectivity index (χ3n) is 6.74. The van der Waals surface area contributed by atoms with E-state index < -0.39 is 59.7 Å². The first-order valence-electron chi connectivity index (χ1n) is 10.5. The molecule has 32 heavy (non-hydrogen) atoms. The molecule has 0 saturated carbocycles. The Morgan fingerprint density at radius 2 is 1.81 bits per heavy atom. The van der Waals surface area contributed by atoms with Gasteiger partial charge in [-0.1, -0.05) is 6.58 Å². The second-order valence-electron chi connectivity index (χ2n) is 8.79. The predicted octanol–water partition coefficient (Wildman–Crippen LogP) is 1.76. The lowest BCUT2D eigenvalue weighted by Crippen LogP contribution is -2.49. The van der Waals surface area contributed by atoms with Gasteiger partial charge in [0.15, 0.2) is 6.10 Å². The summed E-state index contributed by atoms with van der Waals surface area (Å²) in [5, 5.41) is 42.1. The van der Waals surface area contributed by atoms with Gasteiger partial charge in [-0.2, -0.15) is 0 Å². The average Bonchev–Trinajstić information content (AvgIpc) is 3.10. The molecule has 7 atom stereocenters. The molecule has 4 aliphatic rings. The number of aliphatic hydroxyl groups excluding tert-OH is 3. The van der Waals surface area contributed by atoms with Crippen molar-refractivity contribution in [2.24, 2.45) is 0 Å². The van der Waals surface area contributed by atoms with Crippen LogP contribution in [-0.2, 0) is 19.0 Å².